The van der Waals surface area contributed by atoms with Gasteiger partial charge in [-0.2, -0.15) is 0 Å². The number of nitrogens with one attached hydrogen (secondary N) is 1. The number of halogens is 2. The highest BCUT2D eigenvalue weighted by Crippen LogP contribution is 2.47. The summed E-state index contributed by atoms with van der Waals surface area (Å²) in [5.74, 6) is -0.402. The van der Waals surface area contributed by atoms with Gasteiger partial charge in [0.1, 0.15) is 11.4 Å². The summed E-state index contributed by atoms with van der Waals surface area (Å²) >= 11 is 9.98. The minimum atomic E-state index is -3.75. The zero-order valence-corrected chi connectivity index (χ0v) is 31.9. The molecular weight excluding hydrogens is 730 g/mol. The molecule has 0 aromatic heterocycles. The lowest BCUT2D eigenvalue weighted by Crippen LogP contribution is -2.49. The molecule has 5 atom stereocenters. The third-order valence-corrected chi connectivity index (χ3v) is 12.8. The van der Waals surface area contributed by atoms with Gasteiger partial charge in [-0.3, -0.25) is 14.3 Å². The van der Waals surface area contributed by atoms with Crippen LogP contribution in [0.25, 0.3) is 0 Å². The number of benzene rings is 2. The molecular formula is C37H47BrClN3O6S. The fourth-order valence-corrected chi connectivity index (χ4v) is 9.56. The van der Waals surface area contributed by atoms with E-state index < -0.39 is 33.2 Å². The number of hydrogen-bond donors (Lipinski definition) is 1. The van der Waals surface area contributed by atoms with E-state index in [1.807, 2.05) is 12.1 Å². The zero-order chi connectivity index (χ0) is 35.0. The van der Waals surface area contributed by atoms with Crippen molar-refractivity contribution in [2.75, 3.05) is 43.1 Å². The Morgan fingerprint density at radius 3 is 2.78 bits per heavy atom. The van der Waals surface area contributed by atoms with Gasteiger partial charge in [0.15, 0.2) is 9.92 Å². The molecule has 12 heteroatoms. The van der Waals surface area contributed by atoms with Crippen LogP contribution in [-0.4, -0.2) is 66.0 Å². The van der Waals surface area contributed by atoms with Crippen molar-refractivity contribution in [2.45, 2.75) is 81.8 Å². The smallest absolute Gasteiger partial charge is 0.287 e. The van der Waals surface area contributed by atoms with E-state index in [9.17, 15) is 13.8 Å². The van der Waals surface area contributed by atoms with Crippen molar-refractivity contribution in [3.63, 3.8) is 0 Å². The molecule has 2 aliphatic carbocycles. The van der Waals surface area contributed by atoms with Crippen LogP contribution in [0.4, 0.5) is 5.69 Å². The zero-order valence-electron chi connectivity index (χ0n) is 28.7. The molecule has 0 radical (unpaired) electrons. The monoisotopic (exact) mass is 775 g/mol. The Balaban J connectivity index is 1.50. The molecule has 2 aromatic carbocycles. The largest absolute Gasteiger partial charge is 0.490 e. The summed E-state index contributed by atoms with van der Waals surface area (Å²) in [6.45, 7) is 9.23. The first-order chi connectivity index (χ1) is 23.3. The number of rotatable bonds is 5. The summed E-state index contributed by atoms with van der Waals surface area (Å²) in [5, 5.41) is 1.46. The normalized spacial score (nSPS) is 30.2. The molecule has 266 valence electrons. The first-order valence-corrected chi connectivity index (χ1v) is 20.3. The second-order valence-corrected chi connectivity index (χ2v) is 17.7. The molecule has 9 nitrogen and oxygen atoms in total. The number of hydrogen-bond acceptors (Lipinski definition) is 7. The first kappa shape index (κ1) is 36.4. The topological polar surface area (TPSA) is 107 Å². The standard InChI is InChI=1S/C37H47BrClN3O6S/c1-24(2)34(43)40-49(45)28-11-14-33-31(20-28)42(22-37(23-47-33)15-5-7-25-19-27(39)10-13-30(25)37)21-26-9-12-29(26)32(46-18-16-38)8-6-17-48-36(3,4)35(44)41-49/h6,8,10-11,13-14,19-20,24,26,29,32H,5,7,9,12,15-18,21-23H2,1-4H3,(H,40,41,43,44,45)/b8-6+/t26-,29+,32-,37-,49?/m0/s1. The van der Waals surface area contributed by atoms with E-state index in [4.69, 9.17) is 25.8 Å². The van der Waals surface area contributed by atoms with Crippen LogP contribution in [0.1, 0.15) is 64.5 Å². The Kier molecular flexibility index (Phi) is 10.9. The maximum absolute atomic E-state index is 14.8. The molecule has 2 amide bonds. The molecule has 2 aliphatic heterocycles. The predicted octanol–water partition coefficient (Wildman–Crippen LogP) is 7.03. The molecule has 4 aliphatic rings. The van der Waals surface area contributed by atoms with Crippen molar-refractivity contribution in [1.82, 2.24) is 4.72 Å². The Labute approximate surface area is 303 Å². The number of carbonyl (C=O) groups is 2. The molecule has 1 spiro atoms. The van der Waals surface area contributed by atoms with Crippen molar-refractivity contribution >= 4 is 54.9 Å². The van der Waals surface area contributed by atoms with E-state index in [-0.39, 0.29) is 28.9 Å². The summed E-state index contributed by atoms with van der Waals surface area (Å²) in [5.41, 5.74) is 1.58. The molecule has 49 heavy (non-hydrogen) atoms. The van der Waals surface area contributed by atoms with Crippen molar-refractivity contribution in [2.24, 2.45) is 22.1 Å². The van der Waals surface area contributed by atoms with Crippen LogP contribution < -0.4 is 14.4 Å². The van der Waals surface area contributed by atoms with Gasteiger partial charge < -0.3 is 19.1 Å². The summed E-state index contributed by atoms with van der Waals surface area (Å²) in [6.07, 6.45) is 8.85. The predicted molar refractivity (Wildman–Crippen MR) is 196 cm³/mol. The van der Waals surface area contributed by atoms with E-state index >= 15 is 0 Å². The average molecular weight is 777 g/mol. The van der Waals surface area contributed by atoms with Gasteiger partial charge in [0, 0.05) is 34.8 Å². The highest BCUT2D eigenvalue weighted by molar-refractivity contribution is 9.09. The first-order valence-electron chi connectivity index (χ1n) is 17.3. The lowest BCUT2D eigenvalue weighted by molar-refractivity contribution is -0.137. The Morgan fingerprint density at radius 1 is 1.22 bits per heavy atom. The number of ether oxygens (including phenoxy) is 3. The number of anilines is 1. The van der Waals surface area contributed by atoms with Crippen molar-refractivity contribution in [3.05, 3.63) is 64.7 Å². The maximum atomic E-state index is 14.8. The molecule has 1 unspecified atom stereocenters. The van der Waals surface area contributed by atoms with Crippen LogP contribution in [-0.2, 0) is 40.8 Å². The van der Waals surface area contributed by atoms with Crippen molar-refractivity contribution in [3.8, 4) is 5.75 Å². The van der Waals surface area contributed by atoms with Crippen LogP contribution in [0, 0.1) is 17.8 Å². The van der Waals surface area contributed by atoms with Gasteiger partial charge >= 0.3 is 0 Å². The number of carbonyl (C=O) groups excluding carboxylic acids is 2. The Morgan fingerprint density at radius 2 is 2.04 bits per heavy atom. The van der Waals surface area contributed by atoms with E-state index in [0.29, 0.717) is 31.4 Å². The van der Waals surface area contributed by atoms with Crippen LogP contribution in [0.5, 0.6) is 5.75 Å². The summed E-state index contributed by atoms with van der Waals surface area (Å²) < 4.78 is 40.7. The van der Waals surface area contributed by atoms with Gasteiger partial charge in [0.25, 0.3) is 5.91 Å². The number of nitrogens with zero attached hydrogens (tertiary/aromatic N) is 2. The Bertz CT molecular complexity index is 1740. The fourth-order valence-electron chi connectivity index (χ4n) is 7.43. The molecule has 2 bridgehead atoms. The van der Waals surface area contributed by atoms with Crippen LogP contribution in [0.2, 0.25) is 5.02 Å². The molecule has 6 rings (SSSR count). The number of fused-ring (bicyclic) bond motifs is 4. The van der Waals surface area contributed by atoms with Gasteiger partial charge in [0.05, 0.1) is 36.5 Å². The molecule has 2 heterocycles. The minimum absolute atomic E-state index is 0.109. The highest BCUT2D eigenvalue weighted by atomic mass is 79.9. The minimum Gasteiger partial charge on any atom is -0.490 e. The number of aryl methyl sites for hydroxylation is 1. The quantitative estimate of drug-likeness (QED) is 0.257. The number of alkyl halides is 1. The SMILES string of the molecule is CC(C)C(=O)NS1(=O)=NC(=O)C(C)(C)OC/C=C/[C@H](OCCBr)[C@@H]2CC[C@H]2CN2C[C@@]3(CCCc4cc(Cl)ccc43)COc3ccc1cc32. The molecule has 1 N–H and O–H groups in total. The second kappa shape index (κ2) is 14.7. The molecule has 0 saturated heterocycles. The third-order valence-electron chi connectivity index (χ3n) is 10.4. The second-order valence-electron chi connectivity index (χ2n) is 14.6. The van der Waals surface area contributed by atoms with E-state index in [1.165, 1.54) is 11.1 Å². The van der Waals surface area contributed by atoms with E-state index in [0.717, 1.165) is 54.7 Å². The van der Waals surface area contributed by atoms with E-state index in [1.54, 1.807) is 45.9 Å². The van der Waals surface area contributed by atoms with Crippen LogP contribution >= 0.6 is 27.5 Å². The fraction of sp³-hybridized carbons (Fsp3) is 0.568. The summed E-state index contributed by atoms with van der Waals surface area (Å²) in [4.78, 5) is 29.4. The molecule has 2 aromatic rings. The third kappa shape index (κ3) is 7.61. The van der Waals surface area contributed by atoms with Crippen LogP contribution in [0.3, 0.4) is 0 Å². The lowest BCUT2D eigenvalue weighted by atomic mass is 9.68. The van der Waals surface area contributed by atoms with E-state index in [2.05, 4.69) is 48.1 Å². The summed E-state index contributed by atoms with van der Waals surface area (Å²) in [7, 11) is -3.75. The van der Waals surface area contributed by atoms with Gasteiger partial charge in [-0.25, -0.2) is 4.21 Å². The van der Waals surface area contributed by atoms with Gasteiger partial charge in [0.2, 0.25) is 5.91 Å². The van der Waals surface area contributed by atoms with Crippen molar-refractivity contribution < 1.29 is 28.0 Å². The number of amides is 2. The van der Waals surface area contributed by atoms with Gasteiger partial charge in [-0.05, 0) is 99.2 Å². The van der Waals surface area contributed by atoms with Gasteiger partial charge in [-0.1, -0.05) is 59.6 Å². The Hall–Kier alpha value is -2.44. The molecule has 1 saturated carbocycles. The average Bonchev–Trinajstić information content (AvgIpc) is 3.19. The highest BCUT2D eigenvalue weighted by Gasteiger charge is 2.45. The molecule has 1 fully saturated rings. The van der Waals surface area contributed by atoms with Gasteiger partial charge in [-0.15, -0.1) is 4.36 Å². The maximum Gasteiger partial charge on any atom is 0.287 e. The lowest BCUT2D eigenvalue weighted by Gasteiger charge is -2.46. The summed E-state index contributed by atoms with van der Waals surface area (Å²) in [6, 6.07) is 11.5. The van der Waals surface area contributed by atoms with Crippen LogP contribution in [0.15, 0.2) is 57.8 Å². The van der Waals surface area contributed by atoms with Crippen molar-refractivity contribution in [1.29, 1.82) is 0 Å².